The predicted molar refractivity (Wildman–Crippen MR) is 107 cm³/mol. The Bertz CT molecular complexity index is 898. The third-order valence-electron chi connectivity index (χ3n) is 3.42. The van der Waals surface area contributed by atoms with Crippen LogP contribution < -0.4 is 10.2 Å². The van der Waals surface area contributed by atoms with Gasteiger partial charge in [0, 0.05) is 38.0 Å². The second-order valence-corrected chi connectivity index (χ2v) is 8.97. The topological polar surface area (TPSA) is 82.6 Å². The standard InChI is InChI=1S/C16H19IN4O3S/c1-20(2)15-14(6-5-9-18-15)19-16(22)12-10-11(7-8-13(12)17)25(23,24)21(3)4/h5-10H,1-4H3,(H,19,22). The number of sulfonamides is 1. The molecule has 0 bridgehead atoms. The summed E-state index contributed by atoms with van der Waals surface area (Å²) in [5, 5.41) is 2.80. The normalized spacial score (nSPS) is 11.4. The fraction of sp³-hybridized carbons (Fsp3) is 0.250. The van der Waals surface area contributed by atoms with Gasteiger partial charge in [-0.1, -0.05) is 0 Å². The highest BCUT2D eigenvalue weighted by molar-refractivity contribution is 14.1. The van der Waals surface area contributed by atoms with Gasteiger partial charge in [0.05, 0.1) is 16.1 Å². The minimum atomic E-state index is -3.61. The number of aromatic nitrogens is 1. The summed E-state index contributed by atoms with van der Waals surface area (Å²) in [6.45, 7) is 0. The molecule has 0 aliphatic rings. The number of nitrogens with one attached hydrogen (secondary N) is 1. The molecule has 0 radical (unpaired) electrons. The molecule has 0 saturated carbocycles. The average Bonchev–Trinajstić information content (AvgIpc) is 2.55. The fourth-order valence-electron chi connectivity index (χ4n) is 2.09. The lowest BCUT2D eigenvalue weighted by atomic mass is 10.2. The Hall–Kier alpha value is -1.72. The summed E-state index contributed by atoms with van der Waals surface area (Å²) in [4.78, 5) is 18.8. The first-order valence-corrected chi connectivity index (χ1v) is 9.82. The van der Waals surface area contributed by atoms with Crippen molar-refractivity contribution in [2.45, 2.75) is 4.90 Å². The van der Waals surface area contributed by atoms with Crippen molar-refractivity contribution in [2.75, 3.05) is 38.4 Å². The van der Waals surface area contributed by atoms with Crippen molar-refractivity contribution < 1.29 is 13.2 Å². The largest absolute Gasteiger partial charge is 0.361 e. The number of carbonyl (C=O) groups is 1. The monoisotopic (exact) mass is 474 g/mol. The Kier molecular flexibility index (Phi) is 6.01. The molecule has 2 aromatic rings. The maximum Gasteiger partial charge on any atom is 0.256 e. The molecule has 1 heterocycles. The van der Waals surface area contributed by atoms with Gasteiger partial charge in [0.25, 0.3) is 5.91 Å². The summed E-state index contributed by atoms with van der Waals surface area (Å²) >= 11 is 2.01. The van der Waals surface area contributed by atoms with Gasteiger partial charge in [-0.15, -0.1) is 0 Å². The number of halogens is 1. The third kappa shape index (κ3) is 4.28. The molecule has 0 atom stereocenters. The molecular weight excluding hydrogens is 455 g/mol. The fourth-order valence-corrected chi connectivity index (χ4v) is 3.60. The van der Waals surface area contributed by atoms with E-state index in [1.54, 1.807) is 29.3 Å². The number of carbonyl (C=O) groups excluding carboxylic acids is 1. The van der Waals surface area contributed by atoms with Crippen LogP contribution in [0.2, 0.25) is 0 Å². The molecule has 1 aromatic carbocycles. The van der Waals surface area contributed by atoms with Crippen LogP contribution in [0.4, 0.5) is 11.5 Å². The summed E-state index contributed by atoms with van der Waals surface area (Å²) in [7, 11) is 2.94. The minimum Gasteiger partial charge on any atom is -0.361 e. The van der Waals surface area contributed by atoms with Crippen LogP contribution in [0.15, 0.2) is 41.4 Å². The highest BCUT2D eigenvalue weighted by atomic mass is 127. The van der Waals surface area contributed by atoms with Gasteiger partial charge >= 0.3 is 0 Å². The molecule has 9 heteroatoms. The van der Waals surface area contributed by atoms with Gasteiger partial charge in [-0.2, -0.15) is 0 Å². The van der Waals surface area contributed by atoms with Crippen LogP contribution in [0.1, 0.15) is 10.4 Å². The van der Waals surface area contributed by atoms with Crippen molar-refractivity contribution in [3.05, 3.63) is 45.7 Å². The van der Waals surface area contributed by atoms with E-state index in [0.717, 1.165) is 4.31 Å². The first kappa shape index (κ1) is 19.6. The highest BCUT2D eigenvalue weighted by Gasteiger charge is 2.21. The Morgan fingerprint density at radius 3 is 2.44 bits per heavy atom. The third-order valence-corrected chi connectivity index (χ3v) is 6.17. The van der Waals surface area contributed by atoms with Crippen molar-refractivity contribution >= 4 is 50.0 Å². The van der Waals surface area contributed by atoms with Crippen LogP contribution >= 0.6 is 22.6 Å². The maximum absolute atomic E-state index is 12.7. The van der Waals surface area contributed by atoms with Gasteiger partial charge < -0.3 is 10.2 Å². The number of hydrogen-bond acceptors (Lipinski definition) is 5. The van der Waals surface area contributed by atoms with Gasteiger partial charge in [0.2, 0.25) is 10.0 Å². The second-order valence-electron chi connectivity index (χ2n) is 5.65. The van der Waals surface area contributed by atoms with Crippen LogP contribution in [0.25, 0.3) is 0 Å². The molecule has 0 unspecified atom stereocenters. The number of anilines is 2. The molecule has 0 saturated heterocycles. The summed E-state index contributed by atoms with van der Waals surface area (Å²) in [6, 6.07) is 7.96. The molecule has 0 spiro atoms. The number of nitrogens with zero attached hydrogens (tertiary/aromatic N) is 3. The predicted octanol–water partition coefficient (Wildman–Crippen LogP) is 2.25. The van der Waals surface area contributed by atoms with Gasteiger partial charge in [-0.25, -0.2) is 17.7 Å². The number of benzene rings is 1. The Balaban J connectivity index is 2.41. The smallest absolute Gasteiger partial charge is 0.256 e. The minimum absolute atomic E-state index is 0.0714. The van der Waals surface area contributed by atoms with E-state index in [2.05, 4.69) is 10.3 Å². The van der Waals surface area contributed by atoms with E-state index in [9.17, 15) is 13.2 Å². The molecule has 1 aromatic heterocycles. The zero-order chi connectivity index (χ0) is 18.8. The molecule has 0 fully saturated rings. The molecule has 0 aliphatic carbocycles. The van der Waals surface area contributed by atoms with Crippen LogP contribution in [0, 0.1) is 3.57 Å². The van der Waals surface area contributed by atoms with Crippen LogP contribution in [-0.4, -0.2) is 51.8 Å². The van der Waals surface area contributed by atoms with Crippen LogP contribution in [0.5, 0.6) is 0 Å². The van der Waals surface area contributed by atoms with Gasteiger partial charge in [0.1, 0.15) is 0 Å². The van der Waals surface area contributed by atoms with Gasteiger partial charge in [-0.3, -0.25) is 4.79 Å². The number of rotatable bonds is 5. The van der Waals surface area contributed by atoms with Crippen molar-refractivity contribution in [3.63, 3.8) is 0 Å². The van der Waals surface area contributed by atoms with Crippen molar-refractivity contribution in [1.29, 1.82) is 0 Å². The quantitative estimate of drug-likeness (QED) is 0.673. The average molecular weight is 474 g/mol. The molecular formula is C16H19IN4O3S. The SMILES string of the molecule is CN(C)c1ncccc1NC(=O)c1cc(S(=O)(=O)N(C)C)ccc1I. The number of hydrogen-bond donors (Lipinski definition) is 1. The molecule has 1 amide bonds. The lowest BCUT2D eigenvalue weighted by molar-refractivity contribution is 0.102. The first-order valence-electron chi connectivity index (χ1n) is 7.30. The lowest BCUT2D eigenvalue weighted by Gasteiger charge is -2.17. The molecule has 25 heavy (non-hydrogen) atoms. The van der Waals surface area contributed by atoms with Crippen LogP contribution in [0.3, 0.4) is 0 Å². The van der Waals surface area contributed by atoms with Crippen LogP contribution in [-0.2, 0) is 10.0 Å². The molecule has 7 nitrogen and oxygen atoms in total. The highest BCUT2D eigenvalue weighted by Crippen LogP contribution is 2.24. The lowest BCUT2D eigenvalue weighted by Crippen LogP contribution is -2.23. The Morgan fingerprint density at radius 1 is 1.16 bits per heavy atom. The van der Waals surface area contributed by atoms with E-state index >= 15 is 0 Å². The summed E-state index contributed by atoms with van der Waals surface area (Å²) in [5.41, 5.74) is 0.839. The Labute approximate surface area is 161 Å². The molecule has 1 N–H and O–H groups in total. The number of pyridine rings is 1. The van der Waals surface area contributed by atoms with E-state index in [0.29, 0.717) is 15.1 Å². The second kappa shape index (κ2) is 7.67. The maximum atomic E-state index is 12.7. The van der Waals surface area contributed by atoms with E-state index in [4.69, 9.17) is 0 Å². The van der Waals surface area contributed by atoms with Crippen molar-refractivity contribution in [1.82, 2.24) is 9.29 Å². The zero-order valence-electron chi connectivity index (χ0n) is 14.3. The van der Waals surface area contributed by atoms with E-state index in [-0.39, 0.29) is 10.5 Å². The van der Waals surface area contributed by atoms with E-state index in [1.807, 2.05) is 36.7 Å². The molecule has 2 rings (SSSR count). The number of amides is 1. The summed E-state index contributed by atoms with van der Waals surface area (Å²) in [6.07, 6.45) is 1.64. The van der Waals surface area contributed by atoms with Gasteiger partial charge in [0.15, 0.2) is 5.82 Å². The van der Waals surface area contributed by atoms with Crippen molar-refractivity contribution in [3.8, 4) is 0 Å². The molecule has 134 valence electrons. The van der Waals surface area contributed by atoms with Gasteiger partial charge in [-0.05, 0) is 52.9 Å². The Morgan fingerprint density at radius 2 is 1.84 bits per heavy atom. The van der Waals surface area contributed by atoms with E-state index < -0.39 is 15.9 Å². The molecule has 0 aliphatic heterocycles. The van der Waals surface area contributed by atoms with Crippen molar-refractivity contribution in [2.24, 2.45) is 0 Å². The van der Waals surface area contributed by atoms with E-state index in [1.165, 1.54) is 26.2 Å². The summed E-state index contributed by atoms with van der Waals surface area (Å²) < 4.78 is 26.4. The zero-order valence-corrected chi connectivity index (χ0v) is 17.3. The first-order chi connectivity index (χ1) is 11.6. The summed E-state index contributed by atoms with van der Waals surface area (Å²) in [5.74, 6) is 0.222.